The minimum absolute atomic E-state index is 0.262. The van der Waals surface area contributed by atoms with E-state index in [1.807, 2.05) is 12.1 Å². The Bertz CT molecular complexity index is 813. The van der Waals surface area contributed by atoms with Gasteiger partial charge in [0.2, 0.25) is 0 Å². The van der Waals surface area contributed by atoms with E-state index in [1.165, 1.54) is 0 Å². The lowest BCUT2D eigenvalue weighted by Gasteiger charge is -2.13. The Hall–Kier alpha value is -2.99. The smallest absolute Gasteiger partial charge is 0.255 e. The monoisotopic (exact) mass is 308 g/mol. The van der Waals surface area contributed by atoms with Crippen LogP contribution in [0.2, 0.25) is 0 Å². The number of nitrogens with zero attached hydrogens (tertiary/aromatic N) is 3. The van der Waals surface area contributed by atoms with E-state index in [4.69, 9.17) is 0 Å². The van der Waals surface area contributed by atoms with Crippen LogP contribution >= 0.6 is 0 Å². The fourth-order valence-corrected chi connectivity index (χ4v) is 2.27. The number of aromatic nitrogens is 3. The van der Waals surface area contributed by atoms with Gasteiger partial charge in [0.15, 0.2) is 0 Å². The number of pyridine rings is 1. The molecule has 0 saturated heterocycles. The van der Waals surface area contributed by atoms with Crippen LogP contribution in [0.3, 0.4) is 0 Å². The van der Waals surface area contributed by atoms with Crippen LogP contribution in [0, 0.1) is 0 Å². The van der Waals surface area contributed by atoms with Gasteiger partial charge in [0.05, 0.1) is 6.10 Å². The summed E-state index contributed by atoms with van der Waals surface area (Å²) in [6, 6.07) is 10.5. The molecule has 6 nitrogen and oxygen atoms in total. The van der Waals surface area contributed by atoms with Crippen LogP contribution in [0.25, 0.3) is 5.82 Å². The van der Waals surface area contributed by atoms with Gasteiger partial charge in [0, 0.05) is 35.4 Å². The first kappa shape index (κ1) is 14.9. The highest BCUT2D eigenvalue weighted by molar-refractivity contribution is 6.04. The summed E-state index contributed by atoms with van der Waals surface area (Å²) >= 11 is 0. The molecule has 1 atom stereocenters. The number of hydrogen-bond acceptors (Lipinski definition) is 4. The zero-order valence-electron chi connectivity index (χ0n) is 12.5. The largest absolute Gasteiger partial charge is 0.389 e. The molecule has 3 rings (SSSR count). The summed E-state index contributed by atoms with van der Waals surface area (Å²) in [6.45, 7) is 1.66. The molecular formula is C17H16N4O2. The minimum Gasteiger partial charge on any atom is -0.389 e. The van der Waals surface area contributed by atoms with Gasteiger partial charge in [-0.1, -0.05) is 18.2 Å². The Morgan fingerprint density at radius 3 is 2.83 bits per heavy atom. The first-order valence-corrected chi connectivity index (χ1v) is 7.18. The molecule has 0 bridgehead atoms. The lowest BCUT2D eigenvalue weighted by molar-refractivity contribution is 0.102. The van der Waals surface area contributed by atoms with E-state index in [0.717, 1.165) is 0 Å². The van der Waals surface area contributed by atoms with Gasteiger partial charge in [0.25, 0.3) is 5.91 Å². The van der Waals surface area contributed by atoms with Gasteiger partial charge in [0.1, 0.15) is 12.1 Å². The van der Waals surface area contributed by atoms with Gasteiger partial charge in [-0.25, -0.2) is 9.97 Å². The van der Waals surface area contributed by atoms with Crippen molar-refractivity contribution in [1.82, 2.24) is 14.5 Å². The highest BCUT2D eigenvalue weighted by Gasteiger charge is 2.12. The van der Waals surface area contributed by atoms with Crippen molar-refractivity contribution in [3.8, 4) is 5.82 Å². The number of amides is 1. The lowest BCUT2D eigenvalue weighted by Crippen LogP contribution is -2.14. The van der Waals surface area contributed by atoms with E-state index < -0.39 is 6.10 Å². The Labute approximate surface area is 133 Å². The molecule has 0 saturated carbocycles. The van der Waals surface area contributed by atoms with Crippen molar-refractivity contribution >= 4 is 11.6 Å². The molecule has 116 valence electrons. The maximum absolute atomic E-state index is 12.5. The summed E-state index contributed by atoms with van der Waals surface area (Å²) in [6.07, 6.45) is 5.93. The van der Waals surface area contributed by atoms with Crippen LogP contribution in [-0.2, 0) is 0 Å². The minimum atomic E-state index is -0.662. The quantitative estimate of drug-likeness (QED) is 0.776. The molecule has 6 heteroatoms. The SMILES string of the molecule is CC(O)c1ccccc1NC(=O)c1ccnc(-n2ccnc2)c1. The van der Waals surface area contributed by atoms with Gasteiger partial charge in [-0.15, -0.1) is 0 Å². The molecule has 0 radical (unpaired) electrons. The molecule has 0 aliphatic rings. The van der Waals surface area contributed by atoms with Crippen molar-refractivity contribution in [3.05, 3.63) is 72.4 Å². The first-order chi connectivity index (χ1) is 11.1. The second kappa shape index (κ2) is 6.41. The van der Waals surface area contributed by atoms with Crippen molar-refractivity contribution in [1.29, 1.82) is 0 Å². The zero-order valence-corrected chi connectivity index (χ0v) is 12.5. The van der Waals surface area contributed by atoms with Crippen molar-refractivity contribution < 1.29 is 9.90 Å². The Morgan fingerprint density at radius 2 is 2.09 bits per heavy atom. The number of nitrogens with one attached hydrogen (secondary N) is 1. The summed E-state index contributed by atoms with van der Waals surface area (Å²) in [5.41, 5.74) is 1.74. The molecule has 0 spiro atoms. The molecule has 0 fully saturated rings. The average molecular weight is 308 g/mol. The van der Waals surface area contributed by atoms with E-state index in [1.54, 1.807) is 60.7 Å². The van der Waals surface area contributed by atoms with Crippen molar-refractivity contribution in [3.63, 3.8) is 0 Å². The third-order valence-corrected chi connectivity index (χ3v) is 3.44. The first-order valence-electron chi connectivity index (χ1n) is 7.18. The molecular weight excluding hydrogens is 292 g/mol. The van der Waals surface area contributed by atoms with Crippen LogP contribution in [-0.4, -0.2) is 25.5 Å². The van der Waals surface area contributed by atoms with Crippen molar-refractivity contribution in [2.24, 2.45) is 0 Å². The van der Waals surface area contributed by atoms with E-state index in [0.29, 0.717) is 22.6 Å². The summed E-state index contributed by atoms with van der Waals surface area (Å²) in [5, 5.41) is 12.6. The van der Waals surface area contributed by atoms with Gasteiger partial charge in [-0.05, 0) is 25.1 Å². The molecule has 23 heavy (non-hydrogen) atoms. The standard InChI is InChI=1S/C17H16N4O2/c1-12(22)14-4-2-3-5-15(14)20-17(23)13-6-7-19-16(10-13)21-9-8-18-11-21/h2-12,22H,1H3,(H,20,23). The van der Waals surface area contributed by atoms with Crippen molar-refractivity contribution in [2.45, 2.75) is 13.0 Å². The molecule has 1 amide bonds. The molecule has 2 aromatic heterocycles. The number of aliphatic hydroxyl groups is 1. The number of imidazole rings is 1. The summed E-state index contributed by atoms with van der Waals surface area (Å²) in [5.74, 6) is 0.348. The molecule has 1 unspecified atom stereocenters. The molecule has 3 aromatic rings. The lowest BCUT2D eigenvalue weighted by atomic mass is 10.1. The van der Waals surface area contributed by atoms with Crippen LogP contribution in [0.5, 0.6) is 0 Å². The number of rotatable bonds is 4. The normalized spacial score (nSPS) is 11.9. The highest BCUT2D eigenvalue weighted by Crippen LogP contribution is 2.22. The fraction of sp³-hybridized carbons (Fsp3) is 0.118. The Morgan fingerprint density at radius 1 is 1.26 bits per heavy atom. The summed E-state index contributed by atoms with van der Waals surface area (Å²) in [7, 11) is 0. The number of carbonyl (C=O) groups is 1. The molecule has 2 heterocycles. The fourth-order valence-electron chi connectivity index (χ4n) is 2.27. The van der Waals surface area contributed by atoms with Gasteiger partial charge in [-0.3, -0.25) is 9.36 Å². The number of anilines is 1. The second-order valence-electron chi connectivity index (χ2n) is 5.09. The van der Waals surface area contributed by atoms with Gasteiger partial charge in [-0.2, -0.15) is 0 Å². The molecule has 0 aliphatic carbocycles. The average Bonchev–Trinajstić information content (AvgIpc) is 3.10. The number of hydrogen-bond donors (Lipinski definition) is 2. The topological polar surface area (TPSA) is 80.0 Å². The van der Waals surface area contributed by atoms with Crippen LogP contribution in [0.4, 0.5) is 5.69 Å². The highest BCUT2D eigenvalue weighted by atomic mass is 16.3. The Balaban J connectivity index is 1.86. The van der Waals surface area contributed by atoms with Gasteiger partial charge < -0.3 is 10.4 Å². The number of benzene rings is 1. The van der Waals surface area contributed by atoms with Gasteiger partial charge >= 0.3 is 0 Å². The van der Waals surface area contributed by atoms with E-state index in [-0.39, 0.29) is 5.91 Å². The number of para-hydroxylation sites is 1. The predicted octanol–water partition coefficient (Wildman–Crippen LogP) is 2.57. The summed E-state index contributed by atoms with van der Waals surface area (Å²) in [4.78, 5) is 20.7. The maximum atomic E-state index is 12.5. The second-order valence-corrected chi connectivity index (χ2v) is 5.09. The third kappa shape index (κ3) is 3.27. The molecule has 0 aliphatic heterocycles. The van der Waals surface area contributed by atoms with Crippen molar-refractivity contribution in [2.75, 3.05) is 5.32 Å². The number of carbonyl (C=O) groups excluding carboxylic acids is 1. The molecule has 2 N–H and O–H groups in total. The van der Waals surface area contributed by atoms with Crippen LogP contribution < -0.4 is 5.32 Å². The van der Waals surface area contributed by atoms with E-state index >= 15 is 0 Å². The zero-order chi connectivity index (χ0) is 16.2. The maximum Gasteiger partial charge on any atom is 0.255 e. The predicted molar refractivity (Wildman–Crippen MR) is 86.4 cm³/mol. The van der Waals surface area contributed by atoms with Crippen LogP contribution in [0.15, 0.2) is 61.3 Å². The Kier molecular flexibility index (Phi) is 4.16. The van der Waals surface area contributed by atoms with E-state index in [2.05, 4.69) is 15.3 Å². The third-order valence-electron chi connectivity index (χ3n) is 3.44. The molecule has 1 aromatic carbocycles. The summed E-state index contributed by atoms with van der Waals surface area (Å²) < 4.78 is 1.72. The van der Waals surface area contributed by atoms with Crippen LogP contribution in [0.1, 0.15) is 28.9 Å². The number of aliphatic hydroxyl groups excluding tert-OH is 1. The van der Waals surface area contributed by atoms with E-state index in [9.17, 15) is 9.90 Å².